The molecule has 0 heterocycles. The van der Waals surface area contributed by atoms with Crippen LogP contribution in [0.25, 0.3) is 0 Å². The lowest BCUT2D eigenvalue weighted by molar-refractivity contribution is 0.277. The Morgan fingerprint density at radius 1 is 1.20 bits per heavy atom. The van der Waals surface area contributed by atoms with E-state index in [0.29, 0.717) is 12.6 Å². The standard InChI is InChI=1S/C17H27FN2/c1-14-7-9-16(10-8-14)19-11-12-20(2)13-15-5-3-4-6-17(15)18/h3-6,14,16,19H,7-13H2,1-2H3. The van der Waals surface area contributed by atoms with E-state index in [2.05, 4.69) is 24.2 Å². The van der Waals surface area contributed by atoms with Crippen molar-refractivity contribution < 1.29 is 4.39 Å². The molecule has 0 aromatic heterocycles. The molecule has 3 heteroatoms. The lowest BCUT2D eigenvalue weighted by Crippen LogP contribution is -2.37. The van der Waals surface area contributed by atoms with Gasteiger partial charge in [-0.1, -0.05) is 25.1 Å². The first kappa shape index (κ1) is 15.5. The van der Waals surface area contributed by atoms with E-state index in [1.807, 2.05) is 12.1 Å². The van der Waals surface area contributed by atoms with Gasteiger partial charge in [-0.2, -0.15) is 0 Å². The molecule has 0 aliphatic heterocycles. The molecule has 0 atom stereocenters. The Balaban J connectivity index is 1.65. The van der Waals surface area contributed by atoms with Crippen LogP contribution >= 0.6 is 0 Å². The molecule has 0 saturated heterocycles. The van der Waals surface area contributed by atoms with Gasteiger partial charge in [-0.3, -0.25) is 0 Å². The summed E-state index contributed by atoms with van der Waals surface area (Å²) in [7, 11) is 2.05. The van der Waals surface area contributed by atoms with Crippen LogP contribution in [-0.4, -0.2) is 31.1 Å². The van der Waals surface area contributed by atoms with Crippen LogP contribution in [0.15, 0.2) is 24.3 Å². The molecule has 1 aliphatic carbocycles. The average Bonchev–Trinajstić information content (AvgIpc) is 2.44. The SMILES string of the molecule is CC1CCC(NCCN(C)Cc2ccccc2F)CC1. The number of hydrogen-bond donors (Lipinski definition) is 1. The highest BCUT2D eigenvalue weighted by Gasteiger charge is 2.17. The maximum Gasteiger partial charge on any atom is 0.127 e. The maximum atomic E-state index is 13.6. The van der Waals surface area contributed by atoms with Crippen LogP contribution in [0.3, 0.4) is 0 Å². The molecule has 0 unspecified atom stereocenters. The summed E-state index contributed by atoms with van der Waals surface area (Å²) < 4.78 is 13.6. The highest BCUT2D eigenvalue weighted by molar-refractivity contribution is 5.16. The Labute approximate surface area is 122 Å². The van der Waals surface area contributed by atoms with Gasteiger partial charge in [-0.15, -0.1) is 0 Å². The molecule has 0 amide bonds. The zero-order valence-corrected chi connectivity index (χ0v) is 12.7. The van der Waals surface area contributed by atoms with Crippen molar-refractivity contribution in [1.29, 1.82) is 0 Å². The first-order chi connectivity index (χ1) is 9.65. The highest BCUT2D eigenvalue weighted by Crippen LogP contribution is 2.23. The Bertz CT molecular complexity index is 400. The summed E-state index contributed by atoms with van der Waals surface area (Å²) in [4.78, 5) is 2.18. The molecule has 0 spiro atoms. The number of rotatable bonds is 6. The third kappa shape index (κ3) is 4.88. The zero-order valence-electron chi connectivity index (χ0n) is 12.7. The fraction of sp³-hybridized carbons (Fsp3) is 0.647. The largest absolute Gasteiger partial charge is 0.313 e. The number of nitrogens with one attached hydrogen (secondary N) is 1. The third-order valence-electron chi connectivity index (χ3n) is 4.34. The number of halogens is 1. The van der Waals surface area contributed by atoms with Gasteiger partial charge in [-0.25, -0.2) is 4.39 Å². The molecule has 1 aromatic rings. The number of likely N-dealkylation sites (N-methyl/N-ethyl adjacent to an activating group) is 1. The fourth-order valence-electron chi connectivity index (χ4n) is 2.92. The minimum absolute atomic E-state index is 0.103. The molecular formula is C17H27FN2. The minimum Gasteiger partial charge on any atom is -0.313 e. The summed E-state index contributed by atoms with van der Waals surface area (Å²) in [6, 6.07) is 7.72. The van der Waals surface area contributed by atoms with Crippen molar-refractivity contribution in [3.8, 4) is 0 Å². The van der Waals surface area contributed by atoms with Gasteiger partial charge in [0.2, 0.25) is 0 Å². The van der Waals surface area contributed by atoms with Crippen molar-refractivity contribution in [1.82, 2.24) is 10.2 Å². The van der Waals surface area contributed by atoms with Crippen LogP contribution < -0.4 is 5.32 Å². The molecular weight excluding hydrogens is 251 g/mol. The van der Waals surface area contributed by atoms with Crippen molar-refractivity contribution in [2.75, 3.05) is 20.1 Å². The molecule has 1 aromatic carbocycles. The second-order valence-corrected chi connectivity index (χ2v) is 6.24. The highest BCUT2D eigenvalue weighted by atomic mass is 19.1. The van der Waals surface area contributed by atoms with Gasteiger partial charge in [0.25, 0.3) is 0 Å². The molecule has 1 aliphatic rings. The Morgan fingerprint density at radius 3 is 2.60 bits per heavy atom. The van der Waals surface area contributed by atoms with Gasteiger partial charge in [0.1, 0.15) is 5.82 Å². The Morgan fingerprint density at radius 2 is 1.90 bits per heavy atom. The average molecular weight is 278 g/mol. The normalized spacial score (nSPS) is 23.2. The second kappa shape index (κ2) is 7.75. The maximum absolute atomic E-state index is 13.6. The van der Waals surface area contributed by atoms with Gasteiger partial charge < -0.3 is 10.2 Å². The lowest BCUT2D eigenvalue weighted by Gasteiger charge is -2.28. The van der Waals surface area contributed by atoms with Crippen molar-refractivity contribution in [2.45, 2.75) is 45.2 Å². The number of benzene rings is 1. The molecule has 0 bridgehead atoms. The van der Waals surface area contributed by atoms with Crippen LogP contribution in [0, 0.1) is 11.7 Å². The number of hydrogen-bond acceptors (Lipinski definition) is 2. The lowest BCUT2D eigenvalue weighted by atomic mass is 9.87. The van der Waals surface area contributed by atoms with Gasteiger partial charge in [-0.05, 0) is 44.7 Å². The van der Waals surface area contributed by atoms with E-state index in [9.17, 15) is 4.39 Å². The number of nitrogens with zero attached hydrogens (tertiary/aromatic N) is 1. The van der Waals surface area contributed by atoms with Crippen molar-refractivity contribution in [3.63, 3.8) is 0 Å². The van der Waals surface area contributed by atoms with E-state index in [1.54, 1.807) is 6.07 Å². The van der Waals surface area contributed by atoms with Gasteiger partial charge in [0.05, 0.1) is 0 Å². The summed E-state index contributed by atoms with van der Waals surface area (Å²) in [5.74, 6) is 0.797. The van der Waals surface area contributed by atoms with E-state index < -0.39 is 0 Å². The van der Waals surface area contributed by atoms with Crippen molar-refractivity contribution >= 4 is 0 Å². The molecule has 0 radical (unpaired) electrons. The summed E-state index contributed by atoms with van der Waals surface area (Å²) in [6.07, 6.45) is 5.31. The Hall–Kier alpha value is -0.930. The molecule has 20 heavy (non-hydrogen) atoms. The molecule has 1 saturated carbocycles. The van der Waals surface area contributed by atoms with Crippen LogP contribution in [0.2, 0.25) is 0 Å². The summed E-state index contributed by atoms with van der Waals surface area (Å²) in [5, 5.41) is 3.64. The van der Waals surface area contributed by atoms with Gasteiger partial charge in [0.15, 0.2) is 0 Å². The Kier molecular flexibility index (Phi) is 5.99. The van der Waals surface area contributed by atoms with Crippen LogP contribution in [-0.2, 0) is 6.54 Å². The molecule has 2 rings (SSSR count). The van der Waals surface area contributed by atoms with E-state index in [4.69, 9.17) is 0 Å². The molecule has 1 fully saturated rings. The van der Waals surface area contributed by atoms with Crippen LogP contribution in [0.1, 0.15) is 38.2 Å². The summed E-state index contributed by atoms with van der Waals surface area (Å²) >= 11 is 0. The van der Waals surface area contributed by atoms with Crippen LogP contribution in [0.5, 0.6) is 0 Å². The van der Waals surface area contributed by atoms with E-state index >= 15 is 0 Å². The third-order valence-corrected chi connectivity index (χ3v) is 4.34. The molecule has 2 nitrogen and oxygen atoms in total. The minimum atomic E-state index is -0.103. The van der Waals surface area contributed by atoms with E-state index in [-0.39, 0.29) is 5.82 Å². The fourth-order valence-corrected chi connectivity index (χ4v) is 2.92. The second-order valence-electron chi connectivity index (χ2n) is 6.24. The van der Waals surface area contributed by atoms with E-state index in [1.165, 1.54) is 31.7 Å². The summed E-state index contributed by atoms with van der Waals surface area (Å²) in [6.45, 7) is 4.97. The predicted molar refractivity (Wildman–Crippen MR) is 82.2 cm³/mol. The zero-order chi connectivity index (χ0) is 14.4. The molecule has 1 N–H and O–H groups in total. The first-order valence-electron chi connectivity index (χ1n) is 7.80. The predicted octanol–water partition coefficient (Wildman–Crippen LogP) is 3.43. The van der Waals surface area contributed by atoms with Gasteiger partial charge in [0, 0.05) is 31.2 Å². The smallest absolute Gasteiger partial charge is 0.127 e. The van der Waals surface area contributed by atoms with Crippen molar-refractivity contribution in [3.05, 3.63) is 35.6 Å². The first-order valence-corrected chi connectivity index (χ1v) is 7.80. The summed E-state index contributed by atoms with van der Waals surface area (Å²) in [5.41, 5.74) is 0.779. The molecule has 112 valence electrons. The quantitative estimate of drug-likeness (QED) is 0.857. The monoisotopic (exact) mass is 278 g/mol. The van der Waals surface area contributed by atoms with Crippen molar-refractivity contribution in [2.24, 2.45) is 5.92 Å². The van der Waals surface area contributed by atoms with Crippen LogP contribution in [0.4, 0.5) is 4.39 Å². The van der Waals surface area contributed by atoms with E-state index in [0.717, 1.165) is 24.6 Å². The topological polar surface area (TPSA) is 15.3 Å². The van der Waals surface area contributed by atoms with Gasteiger partial charge >= 0.3 is 0 Å².